The minimum atomic E-state index is 0.642. The molecule has 98 valence electrons. The van der Waals surface area contributed by atoms with Crippen molar-refractivity contribution >= 4 is 0 Å². The van der Waals surface area contributed by atoms with Crippen LogP contribution >= 0.6 is 0 Å². The van der Waals surface area contributed by atoms with Crippen molar-refractivity contribution in [3.8, 4) is 11.3 Å². The Bertz CT molecular complexity index is 533. The predicted octanol–water partition coefficient (Wildman–Crippen LogP) is 2.15. The van der Waals surface area contributed by atoms with Crippen molar-refractivity contribution < 1.29 is 0 Å². The third-order valence-electron chi connectivity index (χ3n) is 3.55. The summed E-state index contributed by atoms with van der Waals surface area (Å²) in [5.41, 5.74) is 3.54. The Hall–Kier alpha value is -1.71. The molecule has 3 nitrogen and oxygen atoms in total. The normalized spacial score (nSPS) is 16.3. The second-order valence-electron chi connectivity index (χ2n) is 5.21. The molecule has 3 rings (SSSR count). The molecule has 1 aliphatic heterocycles. The van der Waals surface area contributed by atoms with Crippen LogP contribution in [0.2, 0.25) is 0 Å². The Morgan fingerprint density at radius 2 is 2.11 bits per heavy atom. The van der Waals surface area contributed by atoms with Crippen molar-refractivity contribution in [2.45, 2.75) is 12.6 Å². The van der Waals surface area contributed by atoms with Gasteiger partial charge in [0, 0.05) is 37.4 Å². The van der Waals surface area contributed by atoms with Crippen LogP contribution < -0.4 is 5.32 Å². The summed E-state index contributed by atoms with van der Waals surface area (Å²) < 4.78 is 0. The molecule has 0 bridgehead atoms. The van der Waals surface area contributed by atoms with Gasteiger partial charge in [-0.15, -0.1) is 0 Å². The van der Waals surface area contributed by atoms with Crippen LogP contribution in [0.4, 0.5) is 0 Å². The van der Waals surface area contributed by atoms with Gasteiger partial charge in [-0.2, -0.15) is 0 Å². The lowest BCUT2D eigenvalue weighted by atomic mass is 10.1. The molecule has 0 spiro atoms. The molecule has 1 saturated heterocycles. The van der Waals surface area contributed by atoms with E-state index in [2.05, 4.69) is 46.5 Å². The van der Waals surface area contributed by atoms with Gasteiger partial charge in [0.2, 0.25) is 0 Å². The molecule has 0 saturated carbocycles. The van der Waals surface area contributed by atoms with Crippen molar-refractivity contribution in [3.63, 3.8) is 0 Å². The van der Waals surface area contributed by atoms with Gasteiger partial charge in [0.05, 0.1) is 5.69 Å². The Kier molecular flexibility index (Phi) is 3.58. The molecule has 0 radical (unpaired) electrons. The summed E-state index contributed by atoms with van der Waals surface area (Å²) in [6.45, 7) is 3.24. The van der Waals surface area contributed by atoms with E-state index in [1.165, 1.54) is 11.1 Å². The quantitative estimate of drug-likeness (QED) is 0.905. The molecule has 3 heteroatoms. The number of likely N-dealkylation sites (N-methyl/N-ethyl adjacent to an activating group) is 1. The zero-order valence-corrected chi connectivity index (χ0v) is 11.2. The lowest BCUT2D eigenvalue weighted by molar-refractivity contribution is 0.161. The van der Waals surface area contributed by atoms with Crippen LogP contribution in [0.3, 0.4) is 0 Å². The van der Waals surface area contributed by atoms with Crippen molar-refractivity contribution in [3.05, 3.63) is 54.2 Å². The molecule has 2 aromatic rings. The van der Waals surface area contributed by atoms with Gasteiger partial charge >= 0.3 is 0 Å². The first kappa shape index (κ1) is 12.3. The van der Waals surface area contributed by atoms with Crippen LogP contribution in [0, 0.1) is 0 Å². The molecule has 1 aromatic carbocycles. The average Bonchev–Trinajstić information content (AvgIpc) is 2.44. The van der Waals surface area contributed by atoms with Gasteiger partial charge < -0.3 is 10.2 Å². The second-order valence-corrected chi connectivity index (χ2v) is 5.21. The van der Waals surface area contributed by atoms with Crippen molar-refractivity contribution in [1.82, 2.24) is 15.2 Å². The molecule has 19 heavy (non-hydrogen) atoms. The number of hydrogen-bond acceptors (Lipinski definition) is 3. The maximum absolute atomic E-state index is 4.40. The zero-order valence-electron chi connectivity index (χ0n) is 11.2. The first-order chi connectivity index (χ1) is 9.31. The Morgan fingerprint density at radius 3 is 2.84 bits per heavy atom. The standard InChI is InChI=1S/C16H19N3/c1-19-11-15(12-19)18-10-13-5-4-6-14(9-13)16-7-2-3-8-17-16/h2-9,15,18H,10-12H2,1H3. The van der Waals surface area contributed by atoms with Gasteiger partial charge in [-0.25, -0.2) is 0 Å². The van der Waals surface area contributed by atoms with Gasteiger partial charge in [0.1, 0.15) is 0 Å². The first-order valence-corrected chi connectivity index (χ1v) is 6.73. The van der Waals surface area contributed by atoms with E-state index in [4.69, 9.17) is 0 Å². The predicted molar refractivity (Wildman–Crippen MR) is 77.8 cm³/mol. The van der Waals surface area contributed by atoms with Crippen LogP contribution in [-0.4, -0.2) is 36.1 Å². The number of rotatable bonds is 4. The zero-order chi connectivity index (χ0) is 13.1. The number of pyridine rings is 1. The number of hydrogen-bond donors (Lipinski definition) is 1. The summed E-state index contributed by atoms with van der Waals surface area (Å²) in [5.74, 6) is 0. The Balaban J connectivity index is 1.66. The van der Waals surface area contributed by atoms with Gasteiger partial charge in [0.25, 0.3) is 0 Å². The van der Waals surface area contributed by atoms with Crippen molar-refractivity contribution in [1.29, 1.82) is 0 Å². The third kappa shape index (κ3) is 3.00. The van der Waals surface area contributed by atoms with E-state index in [1.807, 2.05) is 24.4 Å². The van der Waals surface area contributed by atoms with Gasteiger partial charge in [-0.05, 0) is 30.8 Å². The van der Waals surface area contributed by atoms with Crippen LogP contribution in [0.15, 0.2) is 48.7 Å². The highest BCUT2D eigenvalue weighted by Crippen LogP contribution is 2.18. The third-order valence-corrected chi connectivity index (χ3v) is 3.55. The molecular formula is C16H19N3. The molecule has 2 heterocycles. The van der Waals surface area contributed by atoms with Gasteiger partial charge in [0.15, 0.2) is 0 Å². The Labute approximate surface area is 114 Å². The summed E-state index contributed by atoms with van der Waals surface area (Å²) >= 11 is 0. The second kappa shape index (κ2) is 5.51. The van der Waals surface area contributed by atoms with E-state index in [-0.39, 0.29) is 0 Å². The average molecular weight is 253 g/mol. The molecule has 0 aliphatic carbocycles. The fourth-order valence-electron chi connectivity index (χ4n) is 2.46. The number of benzene rings is 1. The van der Waals surface area contributed by atoms with Crippen LogP contribution in [0.25, 0.3) is 11.3 Å². The highest BCUT2D eigenvalue weighted by molar-refractivity contribution is 5.59. The lowest BCUT2D eigenvalue weighted by Crippen LogP contribution is -2.55. The molecular weight excluding hydrogens is 234 g/mol. The topological polar surface area (TPSA) is 28.2 Å². The summed E-state index contributed by atoms with van der Waals surface area (Å²) in [6.07, 6.45) is 1.84. The van der Waals surface area contributed by atoms with E-state index in [0.717, 1.165) is 25.3 Å². The molecule has 0 atom stereocenters. The van der Waals surface area contributed by atoms with Crippen molar-refractivity contribution in [2.75, 3.05) is 20.1 Å². The molecule has 1 fully saturated rings. The van der Waals surface area contributed by atoms with Crippen LogP contribution in [0.5, 0.6) is 0 Å². The van der Waals surface area contributed by atoms with Gasteiger partial charge in [-0.1, -0.05) is 24.3 Å². The Morgan fingerprint density at radius 1 is 1.21 bits per heavy atom. The van der Waals surface area contributed by atoms with E-state index < -0.39 is 0 Å². The highest BCUT2D eigenvalue weighted by Gasteiger charge is 2.21. The highest BCUT2D eigenvalue weighted by atomic mass is 15.2. The number of nitrogens with one attached hydrogen (secondary N) is 1. The van der Waals surface area contributed by atoms with Gasteiger partial charge in [-0.3, -0.25) is 4.98 Å². The number of aromatic nitrogens is 1. The minimum absolute atomic E-state index is 0.642. The maximum Gasteiger partial charge on any atom is 0.0702 e. The summed E-state index contributed by atoms with van der Waals surface area (Å²) in [6, 6.07) is 15.3. The SMILES string of the molecule is CN1CC(NCc2cccc(-c3ccccn3)c2)C1. The minimum Gasteiger partial charge on any atom is -0.307 e. The largest absolute Gasteiger partial charge is 0.307 e. The van der Waals surface area contributed by atoms with E-state index in [0.29, 0.717) is 6.04 Å². The number of likely N-dealkylation sites (tertiary alicyclic amines) is 1. The van der Waals surface area contributed by atoms with E-state index in [9.17, 15) is 0 Å². The fraction of sp³-hybridized carbons (Fsp3) is 0.312. The smallest absolute Gasteiger partial charge is 0.0702 e. The molecule has 0 unspecified atom stereocenters. The monoisotopic (exact) mass is 253 g/mol. The summed E-state index contributed by atoms with van der Waals surface area (Å²) in [4.78, 5) is 6.72. The van der Waals surface area contributed by atoms with E-state index >= 15 is 0 Å². The van der Waals surface area contributed by atoms with Crippen LogP contribution in [-0.2, 0) is 6.54 Å². The lowest BCUT2D eigenvalue weighted by Gasteiger charge is -2.36. The maximum atomic E-state index is 4.40. The molecule has 1 aromatic heterocycles. The first-order valence-electron chi connectivity index (χ1n) is 6.73. The fourth-order valence-corrected chi connectivity index (χ4v) is 2.46. The molecule has 0 amide bonds. The van der Waals surface area contributed by atoms with Crippen LogP contribution in [0.1, 0.15) is 5.56 Å². The molecule has 1 N–H and O–H groups in total. The molecule has 1 aliphatic rings. The summed E-state index contributed by atoms with van der Waals surface area (Å²) in [7, 11) is 2.15. The summed E-state index contributed by atoms with van der Waals surface area (Å²) in [5, 5.41) is 3.58. The van der Waals surface area contributed by atoms with E-state index in [1.54, 1.807) is 0 Å². The van der Waals surface area contributed by atoms with Crippen molar-refractivity contribution in [2.24, 2.45) is 0 Å². The number of nitrogens with zero attached hydrogens (tertiary/aromatic N) is 2.